The lowest BCUT2D eigenvalue weighted by Crippen LogP contribution is -2.46. The molecule has 0 radical (unpaired) electrons. The van der Waals surface area contributed by atoms with Crippen LogP contribution in [0.5, 0.6) is 0 Å². The molecule has 0 saturated carbocycles. The third-order valence-corrected chi connectivity index (χ3v) is 5.35. The topological polar surface area (TPSA) is 35.6 Å². The SMILES string of the molecule is CNCC1CCCN1CC(=O)N1CCSc2ccccc21.Cl. The van der Waals surface area contributed by atoms with Gasteiger partial charge >= 0.3 is 0 Å². The van der Waals surface area contributed by atoms with Gasteiger partial charge in [-0.3, -0.25) is 9.69 Å². The van der Waals surface area contributed by atoms with Crippen molar-refractivity contribution in [1.82, 2.24) is 10.2 Å². The number of halogens is 1. The number of hydrogen-bond donors (Lipinski definition) is 1. The van der Waals surface area contributed by atoms with E-state index in [1.807, 2.05) is 35.8 Å². The van der Waals surface area contributed by atoms with Crippen LogP contribution in [0.4, 0.5) is 5.69 Å². The van der Waals surface area contributed by atoms with E-state index in [-0.39, 0.29) is 18.3 Å². The van der Waals surface area contributed by atoms with Crippen LogP contribution in [-0.4, -0.2) is 55.8 Å². The molecular formula is C16H24ClN3OS. The van der Waals surface area contributed by atoms with Gasteiger partial charge in [-0.2, -0.15) is 0 Å². The number of rotatable bonds is 4. The van der Waals surface area contributed by atoms with Gasteiger partial charge in [-0.25, -0.2) is 0 Å². The first-order valence-electron chi connectivity index (χ1n) is 7.70. The Bertz CT molecular complexity index is 514. The van der Waals surface area contributed by atoms with Gasteiger partial charge in [0.1, 0.15) is 0 Å². The highest BCUT2D eigenvalue weighted by molar-refractivity contribution is 7.99. The molecule has 2 aliphatic heterocycles. The molecule has 6 heteroatoms. The molecule has 1 aromatic rings. The molecule has 1 aromatic carbocycles. The van der Waals surface area contributed by atoms with Gasteiger partial charge in [-0.15, -0.1) is 24.2 Å². The minimum absolute atomic E-state index is 0. The number of hydrogen-bond acceptors (Lipinski definition) is 4. The first kappa shape index (κ1) is 17.6. The summed E-state index contributed by atoms with van der Waals surface area (Å²) in [5.74, 6) is 1.23. The maximum absolute atomic E-state index is 12.7. The van der Waals surface area contributed by atoms with E-state index in [0.717, 1.165) is 31.1 Å². The second-order valence-electron chi connectivity index (χ2n) is 5.69. The lowest BCUT2D eigenvalue weighted by Gasteiger charge is -2.32. The van der Waals surface area contributed by atoms with Crippen LogP contribution in [0.25, 0.3) is 0 Å². The molecular weight excluding hydrogens is 318 g/mol. The van der Waals surface area contributed by atoms with Gasteiger partial charge in [0.15, 0.2) is 0 Å². The molecule has 0 aromatic heterocycles. The van der Waals surface area contributed by atoms with Crippen molar-refractivity contribution < 1.29 is 4.79 Å². The van der Waals surface area contributed by atoms with Crippen LogP contribution >= 0.6 is 24.2 Å². The summed E-state index contributed by atoms with van der Waals surface area (Å²) in [6, 6.07) is 8.75. The fourth-order valence-electron chi connectivity index (χ4n) is 3.26. The fraction of sp³-hybridized carbons (Fsp3) is 0.562. The Labute approximate surface area is 143 Å². The average Bonchev–Trinajstić information content (AvgIpc) is 2.94. The first-order chi connectivity index (χ1) is 10.3. The molecule has 122 valence electrons. The molecule has 3 rings (SSSR count). The third-order valence-electron chi connectivity index (χ3n) is 4.31. The van der Waals surface area contributed by atoms with E-state index in [1.165, 1.54) is 17.7 Å². The number of anilines is 1. The quantitative estimate of drug-likeness (QED) is 0.911. The maximum Gasteiger partial charge on any atom is 0.241 e. The lowest BCUT2D eigenvalue weighted by molar-refractivity contribution is -0.119. The molecule has 2 heterocycles. The maximum atomic E-state index is 12.7. The lowest BCUT2D eigenvalue weighted by atomic mass is 10.2. The molecule has 1 atom stereocenters. The van der Waals surface area contributed by atoms with Crippen molar-refractivity contribution >= 4 is 35.8 Å². The van der Waals surface area contributed by atoms with Crippen LogP contribution < -0.4 is 10.2 Å². The Morgan fingerprint density at radius 2 is 2.18 bits per heavy atom. The summed E-state index contributed by atoms with van der Waals surface area (Å²) in [5, 5.41) is 3.24. The molecule has 2 aliphatic rings. The minimum atomic E-state index is 0. The molecule has 1 saturated heterocycles. The van der Waals surface area contributed by atoms with Gasteiger partial charge in [0.25, 0.3) is 0 Å². The number of likely N-dealkylation sites (N-methyl/N-ethyl adjacent to an activating group) is 1. The van der Waals surface area contributed by atoms with Crippen LogP contribution in [0.2, 0.25) is 0 Å². The van der Waals surface area contributed by atoms with Crippen LogP contribution in [0.15, 0.2) is 29.2 Å². The summed E-state index contributed by atoms with van der Waals surface area (Å²) < 4.78 is 0. The van der Waals surface area contributed by atoms with Gasteiger partial charge < -0.3 is 10.2 Å². The molecule has 1 unspecified atom stereocenters. The smallest absolute Gasteiger partial charge is 0.241 e. The second-order valence-corrected chi connectivity index (χ2v) is 6.82. The molecule has 1 fully saturated rings. The Hall–Kier alpha value is -0.750. The highest BCUT2D eigenvalue weighted by Crippen LogP contribution is 2.34. The van der Waals surface area contributed by atoms with Crippen LogP contribution in [0.1, 0.15) is 12.8 Å². The second kappa shape index (κ2) is 8.20. The minimum Gasteiger partial charge on any atom is -0.318 e. The zero-order chi connectivity index (χ0) is 14.7. The number of nitrogens with zero attached hydrogens (tertiary/aromatic N) is 2. The summed E-state index contributed by atoms with van der Waals surface area (Å²) in [6.45, 7) is 3.39. The van der Waals surface area contributed by atoms with Crippen molar-refractivity contribution in [3.05, 3.63) is 24.3 Å². The van der Waals surface area contributed by atoms with E-state index in [4.69, 9.17) is 0 Å². The number of thioether (sulfide) groups is 1. The highest BCUT2D eigenvalue weighted by atomic mass is 35.5. The number of para-hydroxylation sites is 1. The van der Waals surface area contributed by atoms with Crippen LogP contribution in [0, 0.1) is 0 Å². The van der Waals surface area contributed by atoms with Gasteiger partial charge in [0, 0.05) is 29.8 Å². The summed E-state index contributed by atoms with van der Waals surface area (Å²) in [7, 11) is 1.98. The number of carbonyl (C=O) groups excluding carboxylic acids is 1. The standard InChI is InChI=1S/C16H23N3OS.ClH/c1-17-11-13-5-4-8-18(13)12-16(20)19-9-10-21-15-7-3-2-6-14(15)19;/h2-3,6-7,13,17H,4-5,8-12H2,1H3;1H. The first-order valence-corrected chi connectivity index (χ1v) is 8.69. The molecule has 0 aliphatic carbocycles. The van der Waals surface area contributed by atoms with Crippen molar-refractivity contribution in [2.75, 3.05) is 43.9 Å². The number of likely N-dealkylation sites (tertiary alicyclic amines) is 1. The van der Waals surface area contributed by atoms with Crippen molar-refractivity contribution in [1.29, 1.82) is 0 Å². The number of amides is 1. The van der Waals surface area contributed by atoms with Crippen molar-refractivity contribution in [2.24, 2.45) is 0 Å². The predicted molar refractivity (Wildman–Crippen MR) is 95.3 cm³/mol. The van der Waals surface area contributed by atoms with E-state index in [9.17, 15) is 4.79 Å². The number of carbonyl (C=O) groups is 1. The zero-order valence-electron chi connectivity index (χ0n) is 13.0. The van der Waals surface area contributed by atoms with Crippen molar-refractivity contribution in [3.63, 3.8) is 0 Å². The fourth-order valence-corrected chi connectivity index (χ4v) is 4.25. The van der Waals surface area contributed by atoms with Gasteiger partial charge in [0.05, 0.1) is 12.2 Å². The summed E-state index contributed by atoms with van der Waals surface area (Å²) in [5.41, 5.74) is 1.09. The van der Waals surface area contributed by atoms with Crippen molar-refractivity contribution in [2.45, 2.75) is 23.8 Å². The Balaban J connectivity index is 0.00000176. The number of nitrogens with one attached hydrogen (secondary N) is 1. The summed E-state index contributed by atoms with van der Waals surface area (Å²) in [6.07, 6.45) is 2.40. The third kappa shape index (κ3) is 3.77. The van der Waals surface area contributed by atoms with Gasteiger partial charge in [0.2, 0.25) is 5.91 Å². The van der Waals surface area contributed by atoms with E-state index in [1.54, 1.807) is 0 Å². The molecule has 4 nitrogen and oxygen atoms in total. The van der Waals surface area contributed by atoms with E-state index >= 15 is 0 Å². The normalized spacial score (nSPS) is 21.3. The largest absolute Gasteiger partial charge is 0.318 e. The van der Waals surface area contributed by atoms with Gasteiger partial charge in [-0.1, -0.05) is 12.1 Å². The monoisotopic (exact) mass is 341 g/mol. The summed E-state index contributed by atoms with van der Waals surface area (Å²) >= 11 is 1.84. The van der Waals surface area contributed by atoms with E-state index < -0.39 is 0 Å². The molecule has 22 heavy (non-hydrogen) atoms. The average molecular weight is 342 g/mol. The molecule has 0 bridgehead atoms. The van der Waals surface area contributed by atoms with Gasteiger partial charge in [-0.05, 0) is 38.6 Å². The van der Waals surface area contributed by atoms with Crippen molar-refractivity contribution in [3.8, 4) is 0 Å². The molecule has 0 spiro atoms. The predicted octanol–water partition coefficient (Wildman–Crippen LogP) is 2.23. The van der Waals surface area contributed by atoms with Crippen LogP contribution in [-0.2, 0) is 4.79 Å². The Morgan fingerprint density at radius 3 is 3.00 bits per heavy atom. The Morgan fingerprint density at radius 1 is 1.36 bits per heavy atom. The number of benzene rings is 1. The number of fused-ring (bicyclic) bond motifs is 1. The van der Waals surface area contributed by atoms with E-state index in [2.05, 4.69) is 22.3 Å². The molecule has 1 N–H and O–H groups in total. The molecule has 1 amide bonds. The highest BCUT2D eigenvalue weighted by Gasteiger charge is 2.29. The van der Waals surface area contributed by atoms with E-state index in [0.29, 0.717) is 12.6 Å². The Kier molecular flexibility index (Phi) is 6.56. The summed E-state index contributed by atoms with van der Waals surface area (Å²) in [4.78, 5) is 18.3. The van der Waals surface area contributed by atoms with Crippen LogP contribution in [0.3, 0.4) is 0 Å². The zero-order valence-corrected chi connectivity index (χ0v) is 14.6.